The van der Waals surface area contributed by atoms with Gasteiger partial charge >= 0.3 is 0 Å². The van der Waals surface area contributed by atoms with E-state index in [4.69, 9.17) is 17.3 Å². The molecule has 1 aliphatic rings. The maximum absolute atomic E-state index is 13.1. The van der Waals surface area contributed by atoms with Gasteiger partial charge in [0.1, 0.15) is 17.8 Å². The summed E-state index contributed by atoms with van der Waals surface area (Å²) >= 11 is 7.32. The molecule has 27 heavy (non-hydrogen) atoms. The molecule has 0 aliphatic heterocycles. The van der Waals surface area contributed by atoms with E-state index in [9.17, 15) is 10.1 Å². The first kappa shape index (κ1) is 21.1. The minimum absolute atomic E-state index is 0.0292. The number of carbonyl (C=O) groups excluding carboxylic acids is 1. The minimum Gasteiger partial charge on any atom is -0.401 e. The summed E-state index contributed by atoms with van der Waals surface area (Å²) in [6, 6.07) is 2.24. The zero-order valence-corrected chi connectivity index (χ0v) is 16.9. The van der Waals surface area contributed by atoms with Gasteiger partial charge in [-0.3, -0.25) is 14.8 Å². The van der Waals surface area contributed by atoms with Crippen molar-refractivity contribution in [2.75, 3.05) is 6.00 Å². The molecule has 5 nitrogen and oxygen atoms in total. The molecular weight excluding hydrogens is 380 g/mol. The van der Waals surface area contributed by atoms with E-state index in [1.165, 1.54) is 17.2 Å². The van der Waals surface area contributed by atoms with Crippen LogP contribution >= 0.6 is 22.9 Å². The molecule has 1 atom stereocenters. The molecule has 0 saturated carbocycles. The molecule has 0 fully saturated rings. The Labute approximate surface area is 169 Å². The van der Waals surface area contributed by atoms with Gasteiger partial charge in [-0.15, -0.1) is 22.9 Å². The lowest BCUT2D eigenvalue weighted by Gasteiger charge is -2.25. The van der Waals surface area contributed by atoms with E-state index in [1.807, 2.05) is 12.3 Å². The number of nitrogens with zero attached hydrogens (tertiary/aromatic N) is 3. The Bertz CT molecular complexity index is 845. The van der Waals surface area contributed by atoms with Crippen LogP contribution in [0.2, 0.25) is 0 Å². The second kappa shape index (κ2) is 10.2. The SMILES string of the molecule is C=N/C=C\C(=N/CCl)C(=O)/C(CCC)=C(\N)[C@H]1CCCc2scc(C#N)c21. The average molecular weight is 403 g/mol. The number of alkyl halides is 1. The Kier molecular flexibility index (Phi) is 7.96. The second-order valence-corrected chi connectivity index (χ2v) is 7.42. The van der Waals surface area contributed by atoms with Gasteiger partial charge in [0.15, 0.2) is 0 Å². The molecule has 142 valence electrons. The molecule has 2 N–H and O–H groups in total. The van der Waals surface area contributed by atoms with Gasteiger partial charge in [0, 0.05) is 33.6 Å². The first-order valence-corrected chi connectivity index (χ1v) is 10.3. The lowest BCUT2D eigenvalue weighted by Crippen LogP contribution is -2.24. The molecule has 1 aromatic heterocycles. The highest BCUT2D eigenvalue weighted by molar-refractivity contribution is 7.10. The topological polar surface area (TPSA) is 91.6 Å². The number of carbonyl (C=O) groups is 1. The number of hydrogen-bond acceptors (Lipinski definition) is 6. The van der Waals surface area contributed by atoms with Gasteiger partial charge in [0.25, 0.3) is 0 Å². The Morgan fingerprint density at radius 3 is 3.00 bits per heavy atom. The maximum Gasteiger partial charge on any atom is 0.208 e. The van der Waals surface area contributed by atoms with Crippen LogP contribution in [0.1, 0.15) is 54.5 Å². The van der Waals surface area contributed by atoms with Crippen molar-refractivity contribution in [1.29, 1.82) is 5.26 Å². The molecule has 0 amide bonds. The average Bonchev–Trinajstić information content (AvgIpc) is 3.11. The molecule has 0 spiro atoms. The van der Waals surface area contributed by atoms with E-state index in [-0.39, 0.29) is 23.4 Å². The molecule has 0 saturated heterocycles. The molecular formula is C20H23ClN4OS. The van der Waals surface area contributed by atoms with Crippen molar-refractivity contribution in [2.24, 2.45) is 15.7 Å². The zero-order valence-electron chi connectivity index (χ0n) is 15.4. The number of Topliss-reactive ketones (excluding diaryl/α,β-unsaturated/α-hetero) is 1. The van der Waals surface area contributed by atoms with Gasteiger partial charge in [-0.05, 0) is 44.0 Å². The van der Waals surface area contributed by atoms with Crippen LogP contribution in [-0.4, -0.2) is 24.2 Å². The predicted octanol–water partition coefficient (Wildman–Crippen LogP) is 4.47. The summed E-state index contributed by atoms with van der Waals surface area (Å²) in [7, 11) is 0. The first-order valence-electron chi connectivity index (χ1n) is 8.85. The molecule has 1 heterocycles. The minimum atomic E-state index is -0.240. The molecule has 1 aromatic rings. The van der Waals surface area contributed by atoms with E-state index in [1.54, 1.807) is 11.3 Å². The number of nitrogens with two attached hydrogens (primary N) is 1. The number of nitriles is 1. The third kappa shape index (κ3) is 4.74. The van der Waals surface area contributed by atoms with Crippen LogP contribution in [0, 0.1) is 11.3 Å². The zero-order chi connectivity index (χ0) is 19.8. The number of aryl methyl sites for hydroxylation is 1. The van der Waals surface area contributed by atoms with Crippen molar-refractivity contribution in [2.45, 2.75) is 44.9 Å². The molecule has 0 bridgehead atoms. The van der Waals surface area contributed by atoms with E-state index in [2.05, 4.69) is 22.8 Å². The molecule has 7 heteroatoms. The van der Waals surface area contributed by atoms with Crippen LogP contribution in [0.3, 0.4) is 0 Å². The summed E-state index contributed by atoms with van der Waals surface area (Å²) in [6.07, 6.45) is 6.99. The summed E-state index contributed by atoms with van der Waals surface area (Å²) in [6.45, 7) is 5.38. The highest BCUT2D eigenvalue weighted by Crippen LogP contribution is 2.41. The number of ketones is 1. The van der Waals surface area contributed by atoms with Crippen LogP contribution in [0.25, 0.3) is 0 Å². The Balaban J connectivity index is 2.53. The molecule has 0 unspecified atom stereocenters. The number of rotatable bonds is 8. The highest BCUT2D eigenvalue weighted by atomic mass is 35.5. The normalized spacial score (nSPS) is 18.0. The molecule has 1 aliphatic carbocycles. The van der Waals surface area contributed by atoms with Crippen LogP contribution < -0.4 is 5.73 Å². The van der Waals surface area contributed by atoms with Gasteiger partial charge in [-0.1, -0.05) is 13.3 Å². The summed E-state index contributed by atoms with van der Waals surface area (Å²) in [5, 5.41) is 11.3. The van der Waals surface area contributed by atoms with Crippen LogP contribution in [0.15, 0.2) is 38.9 Å². The Hall–Kier alpha value is -2.23. The number of thiophene rings is 1. The predicted molar refractivity (Wildman–Crippen MR) is 113 cm³/mol. The fourth-order valence-electron chi connectivity index (χ4n) is 3.38. The fraction of sp³-hybridized carbons (Fsp3) is 0.400. The van der Waals surface area contributed by atoms with Crippen molar-refractivity contribution in [1.82, 2.24) is 0 Å². The number of allylic oxidation sites excluding steroid dienone is 3. The van der Waals surface area contributed by atoms with Crippen molar-refractivity contribution in [3.05, 3.63) is 44.9 Å². The summed E-state index contributed by atoms with van der Waals surface area (Å²) in [5.74, 6) is -0.352. The monoisotopic (exact) mass is 402 g/mol. The first-order chi connectivity index (χ1) is 13.1. The third-order valence-electron chi connectivity index (χ3n) is 4.57. The Morgan fingerprint density at radius 2 is 2.37 bits per heavy atom. The third-order valence-corrected chi connectivity index (χ3v) is 5.76. The van der Waals surface area contributed by atoms with Crippen molar-refractivity contribution < 1.29 is 4.79 Å². The lowest BCUT2D eigenvalue weighted by molar-refractivity contribution is -0.109. The number of fused-ring (bicyclic) bond motifs is 1. The van der Waals surface area contributed by atoms with E-state index in [0.717, 1.165) is 31.2 Å². The van der Waals surface area contributed by atoms with Gasteiger partial charge in [0.05, 0.1) is 5.56 Å². The van der Waals surface area contributed by atoms with Gasteiger partial charge in [-0.2, -0.15) is 5.26 Å². The van der Waals surface area contributed by atoms with Crippen molar-refractivity contribution >= 4 is 41.2 Å². The van der Waals surface area contributed by atoms with E-state index < -0.39 is 0 Å². The van der Waals surface area contributed by atoms with Crippen LogP contribution in [0.5, 0.6) is 0 Å². The summed E-state index contributed by atoms with van der Waals surface area (Å²) in [4.78, 5) is 22.0. The summed E-state index contributed by atoms with van der Waals surface area (Å²) in [5.41, 5.74) is 9.50. The Morgan fingerprint density at radius 1 is 1.59 bits per heavy atom. The van der Waals surface area contributed by atoms with E-state index >= 15 is 0 Å². The standard InChI is InChI=1S/C20H23ClN4OS/c1-3-5-15(20(26)16(25-12-21)8-9-24-2)19(23)14-6-4-7-17-18(14)13(10-22)11-27-17/h8-9,11,14H,2-7,12,23H2,1H3/b9-8-,19-15-,25-16+/t14-/m0/s1. The lowest BCUT2D eigenvalue weighted by atomic mass is 9.80. The molecule has 0 aromatic carbocycles. The smallest absolute Gasteiger partial charge is 0.208 e. The van der Waals surface area contributed by atoms with Crippen molar-refractivity contribution in [3.63, 3.8) is 0 Å². The molecule has 0 radical (unpaired) electrons. The van der Waals surface area contributed by atoms with Gasteiger partial charge in [-0.25, -0.2) is 0 Å². The maximum atomic E-state index is 13.1. The highest BCUT2D eigenvalue weighted by Gasteiger charge is 2.30. The second-order valence-electron chi connectivity index (χ2n) is 6.22. The largest absolute Gasteiger partial charge is 0.401 e. The van der Waals surface area contributed by atoms with Gasteiger partial charge in [0.2, 0.25) is 5.78 Å². The number of hydrogen-bond donors (Lipinski definition) is 1. The molecule has 2 rings (SSSR count). The quantitative estimate of drug-likeness (QED) is 0.301. The van der Waals surface area contributed by atoms with Crippen LogP contribution in [0.4, 0.5) is 0 Å². The van der Waals surface area contributed by atoms with Crippen molar-refractivity contribution in [3.8, 4) is 6.07 Å². The number of halogens is 1. The fourth-order valence-corrected chi connectivity index (χ4v) is 4.59. The van der Waals surface area contributed by atoms with Gasteiger partial charge < -0.3 is 5.73 Å². The number of aliphatic imine (C=N–C) groups is 2. The van der Waals surface area contributed by atoms with Crippen LogP contribution in [-0.2, 0) is 11.2 Å². The van der Waals surface area contributed by atoms with E-state index in [0.29, 0.717) is 23.3 Å². The summed E-state index contributed by atoms with van der Waals surface area (Å²) < 4.78 is 0.